The number of hydrogen-bond donors (Lipinski definition) is 1. The van der Waals surface area contributed by atoms with E-state index in [4.69, 9.17) is 21.7 Å². The molecule has 2 aromatic carbocycles. The average molecular weight is 499 g/mol. The molecule has 1 saturated heterocycles. The minimum Gasteiger partial charge on any atom is -0.493 e. The van der Waals surface area contributed by atoms with Crippen LogP contribution in [0.4, 0.5) is 0 Å². The zero-order chi connectivity index (χ0) is 24.3. The highest BCUT2D eigenvalue weighted by molar-refractivity contribution is 8.26. The van der Waals surface area contributed by atoms with Crippen LogP contribution in [0.25, 0.3) is 6.08 Å². The van der Waals surface area contributed by atoms with Gasteiger partial charge in [0.1, 0.15) is 4.32 Å². The fraction of sp³-hybridized carbons (Fsp3) is 0.346. The van der Waals surface area contributed by atoms with Gasteiger partial charge in [0.15, 0.2) is 11.5 Å². The van der Waals surface area contributed by atoms with Gasteiger partial charge in [-0.2, -0.15) is 0 Å². The first kappa shape index (κ1) is 25.8. The molecule has 1 fully saturated rings. The molecule has 3 rings (SSSR count). The Labute approximate surface area is 210 Å². The van der Waals surface area contributed by atoms with E-state index in [0.29, 0.717) is 40.2 Å². The van der Waals surface area contributed by atoms with E-state index in [1.54, 1.807) is 19.1 Å². The monoisotopic (exact) mass is 498 g/mol. The van der Waals surface area contributed by atoms with Crippen LogP contribution in [0.2, 0.25) is 0 Å². The highest BCUT2D eigenvalue weighted by Gasteiger charge is 2.31. The lowest BCUT2D eigenvalue weighted by atomic mass is 10.1. The van der Waals surface area contributed by atoms with Crippen molar-refractivity contribution in [3.05, 3.63) is 64.6 Å². The maximum atomic E-state index is 12.8. The van der Waals surface area contributed by atoms with Crippen molar-refractivity contribution in [1.29, 1.82) is 0 Å². The van der Waals surface area contributed by atoms with E-state index in [0.717, 1.165) is 31.2 Å². The zero-order valence-electron chi connectivity index (χ0n) is 19.5. The number of methoxy groups -OCH3 is 2. The maximum absolute atomic E-state index is 12.8. The standard InChI is InChI=1S/C26H30N2O4S2/c1-31-21-13-12-20(17-22(21)32-2)18-23-25(30)28(26(33)34-23)16-8-4-7-11-24(29)27-15-14-19-9-5-3-6-10-19/h3,5-6,9-10,12-13,17-18H,4,7-8,11,14-16H2,1-2H3,(H,27,29)/b23-18-. The van der Waals surface area contributed by atoms with Gasteiger partial charge in [-0.05, 0) is 48.6 Å². The van der Waals surface area contributed by atoms with E-state index in [9.17, 15) is 9.59 Å². The molecule has 1 aliphatic heterocycles. The van der Waals surface area contributed by atoms with Crippen LogP contribution in [-0.4, -0.2) is 48.3 Å². The van der Waals surface area contributed by atoms with Crippen molar-refractivity contribution in [2.45, 2.75) is 32.1 Å². The van der Waals surface area contributed by atoms with E-state index in [1.807, 2.05) is 42.5 Å². The number of thiocarbonyl (C=S) groups is 1. The Balaban J connectivity index is 1.39. The lowest BCUT2D eigenvalue weighted by Crippen LogP contribution is -2.29. The Morgan fingerprint density at radius 1 is 1.06 bits per heavy atom. The molecule has 0 saturated carbocycles. The van der Waals surface area contributed by atoms with Crippen LogP contribution in [-0.2, 0) is 16.0 Å². The highest BCUT2D eigenvalue weighted by Crippen LogP contribution is 2.34. The van der Waals surface area contributed by atoms with Crippen LogP contribution in [0.15, 0.2) is 53.4 Å². The number of carbonyl (C=O) groups is 2. The molecule has 1 aliphatic rings. The lowest BCUT2D eigenvalue weighted by molar-refractivity contribution is -0.122. The van der Waals surface area contributed by atoms with Crippen LogP contribution in [0.5, 0.6) is 11.5 Å². The normalized spacial score (nSPS) is 14.5. The number of nitrogens with one attached hydrogen (secondary N) is 1. The predicted octanol–water partition coefficient (Wildman–Crippen LogP) is 4.82. The Kier molecular flexibility index (Phi) is 9.97. The summed E-state index contributed by atoms with van der Waals surface area (Å²) in [4.78, 5) is 27.1. The Bertz CT molecular complexity index is 1040. The van der Waals surface area contributed by atoms with E-state index < -0.39 is 0 Å². The lowest BCUT2D eigenvalue weighted by Gasteiger charge is -2.14. The first-order valence-corrected chi connectivity index (χ1v) is 12.5. The van der Waals surface area contributed by atoms with Crippen molar-refractivity contribution < 1.29 is 19.1 Å². The molecule has 0 radical (unpaired) electrons. The summed E-state index contributed by atoms with van der Waals surface area (Å²) in [6.07, 6.45) is 5.59. The zero-order valence-corrected chi connectivity index (χ0v) is 21.2. The molecule has 2 aromatic rings. The topological polar surface area (TPSA) is 67.9 Å². The number of rotatable bonds is 12. The number of thioether (sulfide) groups is 1. The summed E-state index contributed by atoms with van der Waals surface area (Å²) in [7, 11) is 3.16. The number of unbranched alkanes of at least 4 members (excludes halogenated alkanes) is 2. The fourth-order valence-corrected chi connectivity index (χ4v) is 4.91. The largest absolute Gasteiger partial charge is 0.493 e. The molecule has 180 valence electrons. The summed E-state index contributed by atoms with van der Waals surface area (Å²) in [6, 6.07) is 15.6. The van der Waals surface area contributed by atoms with Crippen molar-refractivity contribution in [2.75, 3.05) is 27.3 Å². The van der Waals surface area contributed by atoms with Crippen molar-refractivity contribution in [3.63, 3.8) is 0 Å². The molecule has 0 aromatic heterocycles. The summed E-state index contributed by atoms with van der Waals surface area (Å²) in [5, 5.41) is 2.97. The minimum absolute atomic E-state index is 0.0689. The van der Waals surface area contributed by atoms with E-state index in [1.165, 1.54) is 17.3 Å². The second-order valence-electron chi connectivity index (χ2n) is 7.84. The Morgan fingerprint density at radius 3 is 2.56 bits per heavy atom. The predicted molar refractivity (Wildman–Crippen MR) is 141 cm³/mol. The maximum Gasteiger partial charge on any atom is 0.266 e. The summed E-state index contributed by atoms with van der Waals surface area (Å²) in [6.45, 7) is 1.20. The van der Waals surface area contributed by atoms with Gasteiger partial charge in [0.25, 0.3) is 5.91 Å². The molecule has 0 bridgehead atoms. The third kappa shape index (κ3) is 7.33. The van der Waals surface area contributed by atoms with Gasteiger partial charge in [-0.3, -0.25) is 14.5 Å². The number of ether oxygens (including phenoxy) is 2. The summed E-state index contributed by atoms with van der Waals surface area (Å²) >= 11 is 6.73. The molecule has 1 N–H and O–H groups in total. The van der Waals surface area contributed by atoms with Gasteiger partial charge in [0, 0.05) is 19.5 Å². The van der Waals surface area contributed by atoms with Crippen LogP contribution in [0.1, 0.15) is 36.8 Å². The van der Waals surface area contributed by atoms with Gasteiger partial charge in [-0.25, -0.2) is 0 Å². The second kappa shape index (κ2) is 13.2. The van der Waals surface area contributed by atoms with Crippen molar-refractivity contribution in [3.8, 4) is 11.5 Å². The molecule has 0 spiro atoms. The third-order valence-electron chi connectivity index (χ3n) is 5.44. The SMILES string of the molecule is COc1ccc(/C=C2\SC(=S)N(CCCCCC(=O)NCCc3ccccc3)C2=O)cc1OC. The molecule has 2 amide bonds. The van der Waals surface area contributed by atoms with E-state index in [-0.39, 0.29) is 11.8 Å². The van der Waals surface area contributed by atoms with Crippen LogP contribution in [0.3, 0.4) is 0 Å². The molecule has 0 aliphatic carbocycles. The average Bonchev–Trinajstić information content (AvgIpc) is 3.11. The van der Waals surface area contributed by atoms with E-state index in [2.05, 4.69) is 17.4 Å². The van der Waals surface area contributed by atoms with Gasteiger partial charge in [0.2, 0.25) is 5.91 Å². The summed E-state index contributed by atoms with van der Waals surface area (Å²) in [5.41, 5.74) is 2.06. The van der Waals surface area contributed by atoms with Crippen LogP contribution >= 0.6 is 24.0 Å². The molecule has 6 nitrogen and oxygen atoms in total. The van der Waals surface area contributed by atoms with E-state index >= 15 is 0 Å². The van der Waals surface area contributed by atoms with Gasteiger partial charge in [-0.1, -0.05) is 66.8 Å². The van der Waals surface area contributed by atoms with Crippen LogP contribution < -0.4 is 14.8 Å². The highest BCUT2D eigenvalue weighted by atomic mass is 32.2. The number of carbonyl (C=O) groups excluding carboxylic acids is 2. The van der Waals surface area contributed by atoms with Gasteiger partial charge >= 0.3 is 0 Å². The summed E-state index contributed by atoms with van der Waals surface area (Å²) < 4.78 is 11.2. The van der Waals surface area contributed by atoms with Gasteiger partial charge < -0.3 is 14.8 Å². The Morgan fingerprint density at radius 2 is 1.82 bits per heavy atom. The number of nitrogens with zero attached hydrogens (tertiary/aromatic N) is 1. The van der Waals surface area contributed by atoms with Crippen molar-refractivity contribution in [1.82, 2.24) is 10.2 Å². The smallest absolute Gasteiger partial charge is 0.266 e. The van der Waals surface area contributed by atoms with Gasteiger partial charge in [-0.15, -0.1) is 0 Å². The van der Waals surface area contributed by atoms with Gasteiger partial charge in [0.05, 0.1) is 19.1 Å². The number of benzene rings is 2. The fourth-order valence-electron chi connectivity index (χ4n) is 3.60. The quantitative estimate of drug-likeness (QED) is 0.257. The molecule has 1 heterocycles. The molecule has 34 heavy (non-hydrogen) atoms. The molecular formula is C26H30N2O4S2. The Hall–Kier alpha value is -2.84. The second-order valence-corrected chi connectivity index (χ2v) is 9.52. The van der Waals surface area contributed by atoms with Crippen LogP contribution in [0, 0.1) is 0 Å². The minimum atomic E-state index is -0.0801. The van der Waals surface area contributed by atoms with Crippen molar-refractivity contribution >= 4 is 46.2 Å². The molecule has 0 unspecified atom stereocenters. The van der Waals surface area contributed by atoms with Crippen molar-refractivity contribution in [2.24, 2.45) is 0 Å². The molecular weight excluding hydrogens is 468 g/mol. The molecule has 8 heteroatoms. The third-order valence-corrected chi connectivity index (χ3v) is 6.82. The number of amides is 2. The number of hydrogen-bond acceptors (Lipinski definition) is 6. The first-order chi connectivity index (χ1) is 16.5. The molecule has 0 atom stereocenters. The summed E-state index contributed by atoms with van der Waals surface area (Å²) in [5.74, 6) is 1.23. The first-order valence-electron chi connectivity index (χ1n) is 11.3.